The highest BCUT2D eigenvalue weighted by molar-refractivity contribution is 5.91. The van der Waals surface area contributed by atoms with Crippen LogP contribution in [0.4, 0.5) is 8.78 Å². The molecular formula is C8H6F2O3. The lowest BCUT2D eigenvalue weighted by Gasteiger charge is -2.05. The van der Waals surface area contributed by atoms with E-state index in [2.05, 4.69) is 4.74 Å². The van der Waals surface area contributed by atoms with Gasteiger partial charge in [0.2, 0.25) is 0 Å². The summed E-state index contributed by atoms with van der Waals surface area (Å²) in [6, 6.07) is 1.30. The maximum absolute atomic E-state index is 12.8. The first-order valence-electron chi connectivity index (χ1n) is 3.32. The van der Waals surface area contributed by atoms with E-state index in [9.17, 15) is 13.6 Å². The Balaban J connectivity index is 3.38. The summed E-state index contributed by atoms with van der Waals surface area (Å²) in [5.41, 5.74) is -0.663. The van der Waals surface area contributed by atoms with E-state index in [0.29, 0.717) is 6.07 Å². The lowest BCUT2D eigenvalue weighted by atomic mass is 10.2. The average Bonchev–Trinajstić information content (AvgIpc) is 2.01. The maximum atomic E-state index is 12.8. The summed E-state index contributed by atoms with van der Waals surface area (Å²) >= 11 is 0. The third kappa shape index (κ3) is 1.74. The Morgan fingerprint density at radius 3 is 2.54 bits per heavy atom. The predicted molar refractivity (Wildman–Crippen MR) is 39.9 cm³/mol. The molecule has 0 saturated carbocycles. The normalized spacial score (nSPS) is 9.77. The molecule has 0 aliphatic rings. The maximum Gasteiger partial charge on any atom is 0.342 e. The standard InChI is InChI=1S/C8H6F2O3/c1-13-6-3-4(9)2-5(10)7(6)8(11)12/h2-3H,1H3,(H,11,12). The summed E-state index contributed by atoms with van der Waals surface area (Å²) in [7, 11) is 1.14. The molecule has 0 spiro atoms. The van der Waals surface area contributed by atoms with Gasteiger partial charge in [-0.1, -0.05) is 0 Å². The molecule has 1 aromatic carbocycles. The molecule has 0 radical (unpaired) electrons. The third-order valence-corrected chi connectivity index (χ3v) is 1.45. The van der Waals surface area contributed by atoms with Crippen molar-refractivity contribution in [3.63, 3.8) is 0 Å². The van der Waals surface area contributed by atoms with Crippen molar-refractivity contribution in [2.24, 2.45) is 0 Å². The minimum Gasteiger partial charge on any atom is -0.496 e. The fourth-order valence-corrected chi connectivity index (χ4v) is 0.919. The minimum atomic E-state index is -1.49. The van der Waals surface area contributed by atoms with Crippen molar-refractivity contribution in [2.75, 3.05) is 7.11 Å². The Bertz CT molecular complexity index is 349. The van der Waals surface area contributed by atoms with Crippen LogP contribution >= 0.6 is 0 Å². The average molecular weight is 188 g/mol. The number of hydrogen-bond donors (Lipinski definition) is 1. The summed E-state index contributed by atoms with van der Waals surface area (Å²) in [5, 5.41) is 8.53. The number of methoxy groups -OCH3 is 1. The number of ether oxygens (including phenoxy) is 1. The highest BCUT2D eigenvalue weighted by Gasteiger charge is 2.18. The molecule has 0 aromatic heterocycles. The Labute approximate surface area is 72.6 Å². The summed E-state index contributed by atoms with van der Waals surface area (Å²) in [4.78, 5) is 10.5. The quantitative estimate of drug-likeness (QED) is 0.767. The van der Waals surface area contributed by atoms with Crippen LogP contribution in [0.25, 0.3) is 0 Å². The Hall–Kier alpha value is -1.65. The number of hydrogen-bond acceptors (Lipinski definition) is 2. The molecule has 0 amide bonds. The zero-order chi connectivity index (χ0) is 10.0. The molecule has 0 fully saturated rings. The molecule has 0 saturated heterocycles. The van der Waals surface area contributed by atoms with Crippen molar-refractivity contribution in [1.29, 1.82) is 0 Å². The van der Waals surface area contributed by atoms with Gasteiger partial charge in [0, 0.05) is 12.1 Å². The molecule has 13 heavy (non-hydrogen) atoms. The fourth-order valence-electron chi connectivity index (χ4n) is 0.919. The van der Waals surface area contributed by atoms with Crippen LogP contribution in [-0.4, -0.2) is 18.2 Å². The van der Waals surface area contributed by atoms with Gasteiger partial charge in [-0.15, -0.1) is 0 Å². The fraction of sp³-hybridized carbons (Fsp3) is 0.125. The van der Waals surface area contributed by atoms with Crippen molar-refractivity contribution in [1.82, 2.24) is 0 Å². The van der Waals surface area contributed by atoms with E-state index in [1.165, 1.54) is 0 Å². The number of rotatable bonds is 2. The van der Waals surface area contributed by atoms with Gasteiger partial charge in [-0.25, -0.2) is 13.6 Å². The lowest BCUT2D eigenvalue weighted by molar-refractivity contribution is 0.0688. The number of carbonyl (C=O) groups is 1. The smallest absolute Gasteiger partial charge is 0.342 e. The second-order valence-corrected chi connectivity index (χ2v) is 2.27. The van der Waals surface area contributed by atoms with Gasteiger partial charge in [-0.3, -0.25) is 0 Å². The molecule has 5 heteroatoms. The zero-order valence-corrected chi connectivity index (χ0v) is 6.67. The van der Waals surface area contributed by atoms with Gasteiger partial charge in [0.25, 0.3) is 0 Å². The third-order valence-electron chi connectivity index (χ3n) is 1.45. The number of carboxylic acid groups (broad SMARTS) is 1. The van der Waals surface area contributed by atoms with Crippen molar-refractivity contribution in [3.05, 3.63) is 29.3 Å². The van der Waals surface area contributed by atoms with E-state index < -0.39 is 23.2 Å². The van der Waals surface area contributed by atoms with E-state index in [4.69, 9.17) is 5.11 Å². The van der Waals surface area contributed by atoms with Crippen LogP contribution in [0.1, 0.15) is 10.4 Å². The van der Waals surface area contributed by atoms with Crippen LogP contribution in [-0.2, 0) is 0 Å². The van der Waals surface area contributed by atoms with E-state index in [-0.39, 0.29) is 5.75 Å². The van der Waals surface area contributed by atoms with Crippen LogP contribution in [0.15, 0.2) is 12.1 Å². The highest BCUT2D eigenvalue weighted by atomic mass is 19.1. The van der Waals surface area contributed by atoms with E-state index >= 15 is 0 Å². The predicted octanol–water partition coefficient (Wildman–Crippen LogP) is 1.67. The van der Waals surface area contributed by atoms with Crippen LogP contribution in [0.2, 0.25) is 0 Å². The number of aromatic carboxylic acids is 1. The van der Waals surface area contributed by atoms with Gasteiger partial charge in [0.1, 0.15) is 22.9 Å². The number of carboxylic acids is 1. The van der Waals surface area contributed by atoms with Crippen molar-refractivity contribution < 1.29 is 23.4 Å². The summed E-state index contributed by atoms with van der Waals surface area (Å²) in [6.45, 7) is 0. The second-order valence-electron chi connectivity index (χ2n) is 2.27. The van der Waals surface area contributed by atoms with E-state index in [0.717, 1.165) is 13.2 Å². The Kier molecular flexibility index (Phi) is 2.46. The van der Waals surface area contributed by atoms with E-state index in [1.54, 1.807) is 0 Å². The number of halogens is 2. The summed E-state index contributed by atoms with van der Waals surface area (Å²) in [5.74, 6) is -3.84. The monoisotopic (exact) mass is 188 g/mol. The van der Waals surface area contributed by atoms with Gasteiger partial charge in [-0.05, 0) is 0 Å². The molecule has 0 unspecified atom stereocenters. The molecule has 70 valence electrons. The Morgan fingerprint density at radius 2 is 2.08 bits per heavy atom. The zero-order valence-electron chi connectivity index (χ0n) is 6.67. The molecule has 0 aliphatic heterocycles. The van der Waals surface area contributed by atoms with Crippen molar-refractivity contribution in [3.8, 4) is 5.75 Å². The molecule has 1 aromatic rings. The molecule has 0 heterocycles. The summed E-state index contributed by atoms with van der Waals surface area (Å²) < 4.78 is 29.9. The van der Waals surface area contributed by atoms with Crippen LogP contribution < -0.4 is 4.74 Å². The van der Waals surface area contributed by atoms with Gasteiger partial charge in [0.15, 0.2) is 0 Å². The first-order chi connectivity index (χ1) is 6.06. The molecule has 3 nitrogen and oxygen atoms in total. The lowest BCUT2D eigenvalue weighted by Crippen LogP contribution is -2.04. The van der Waals surface area contributed by atoms with Gasteiger partial charge < -0.3 is 9.84 Å². The van der Waals surface area contributed by atoms with Crippen LogP contribution in [0.3, 0.4) is 0 Å². The van der Waals surface area contributed by atoms with Gasteiger partial charge in [-0.2, -0.15) is 0 Å². The van der Waals surface area contributed by atoms with Crippen molar-refractivity contribution in [2.45, 2.75) is 0 Å². The van der Waals surface area contributed by atoms with Crippen molar-refractivity contribution >= 4 is 5.97 Å². The van der Waals surface area contributed by atoms with E-state index in [1.807, 2.05) is 0 Å². The first-order valence-corrected chi connectivity index (χ1v) is 3.32. The Morgan fingerprint density at radius 1 is 1.46 bits per heavy atom. The molecule has 1 rings (SSSR count). The topological polar surface area (TPSA) is 46.5 Å². The molecular weight excluding hydrogens is 182 g/mol. The largest absolute Gasteiger partial charge is 0.496 e. The summed E-state index contributed by atoms with van der Waals surface area (Å²) in [6.07, 6.45) is 0. The van der Waals surface area contributed by atoms with Crippen LogP contribution in [0, 0.1) is 11.6 Å². The number of benzene rings is 1. The second kappa shape index (κ2) is 3.38. The van der Waals surface area contributed by atoms with Gasteiger partial charge >= 0.3 is 5.97 Å². The molecule has 1 N–H and O–H groups in total. The molecule has 0 aliphatic carbocycles. The SMILES string of the molecule is COc1cc(F)cc(F)c1C(=O)O. The molecule has 0 bridgehead atoms. The van der Waals surface area contributed by atoms with Crippen LogP contribution in [0.5, 0.6) is 5.75 Å². The van der Waals surface area contributed by atoms with Gasteiger partial charge in [0.05, 0.1) is 7.11 Å². The minimum absolute atomic E-state index is 0.329. The highest BCUT2D eigenvalue weighted by Crippen LogP contribution is 2.22. The first kappa shape index (κ1) is 9.44. The molecule has 0 atom stereocenters.